The summed E-state index contributed by atoms with van der Waals surface area (Å²) in [5.41, 5.74) is -0.631. The van der Waals surface area contributed by atoms with E-state index < -0.39 is 5.54 Å². The molecular weight excluding hydrogens is 280 g/mol. The number of nitrogens with zero attached hydrogens (tertiary/aromatic N) is 1. The molecule has 1 atom stereocenters. The molecule has 0 spiro atoms. The smallest absolute Gasteiger partial charge is 0.326 e. The first-order chi connectivity index (χ1) is 8.98. The van der Waals surface area contributed by atoms with E-state index >= 15 is 0 Å². The highest BCUT2D eigenvalue weighted by molar-refractivity contribution is 8.00. The highest BCUT2D eigenvalue weighted by Crippen LogP contribution is 2.24. The van der Waals surface area contributed by atoms with Gasteiger partial charge in [-0.25, -0.2) is 4.98 Å². The molecule has 0 fully saturated rings. The zero-order valence-electron chi connectivity index (χ0n) is 11.9. The van der Waals surface area contributed by atoms with E-state index in [9.17, 15) is 4.79 Å². The summed E-state index contributed by atoms with van der Waals surface area (Å²) >= 11 is 3.30. The van der Waals surface area contributed by atoms with Gasteiger partial charge in [-0.05, 0) is 34.1 Å². The second-order valence-electron chi connectivity index (χ2n) is 4.75. The number of hydrogen-bond acceptors (Lipinski definition) is 6. The van der Waals surface area contributed by atoms with Crippen LogP contribution in [0.25, 0.3) is 0 Å². The lowest BCUT2D eigenvalue weighted by atomic mass is 9.98. The average Bonchev–Trinajstić information content (AvgIpc) is 2.81. The fourth-order valence-electron chi connectivity index (χ4n) is 1.78. The molecule has 0 aliphatic heterocycles. The van der Waals surface area contributed by atoms with E-state index in [1.807, 2.05) is 33.1 Å². The monoisotopic (exact) mass is 302 g/mol. The normalized spacial score (nSPS) is 14.4. The van der Waals surface area contributed by atoms with Crippen LogP contribution in [0.4, 0.5) is 0 Å². The molecule has 0 aliphatic rings. The molecule has 1 heterocycles. The Morgan fingerprint density at radius 3 is 2.89 bits per heavy atom. The van der Waals surface area contributed by atoms with E-state index in [-0.39, 0.29) is 12.0 Å². The number of hydrogen-bond donors (Lipinski definition) is 1. The molecule has 1 rings (SSSR count). The van der Waals surface area contributed by atoms with Crippen LogP contribution in [0.15, 0.2) is 15.9 Å². The number of carbonyl (C=O) groups excluding carboxylic acids is 1. The Balaban J connectivity index is 2.55. The third kappa shape index (κ3) is 5.50. The molecule has 4 nitrogen and oxygen atoms in total. The van der Waals surface area contributed by atoms with E-state index in [4.69, 9.17) is 4.74 Å². The van der Waals surface area contributed by atoms with Gasteiger partial charge in [0.1, 0.15) is 9.88 Å². The molecule has 0 aliphatic carbocycles. The maximum Gasteiger partial charge on any atom is 0.326 e. The molecule has 1 N–H and O–H groups in total. The molecule has 0 saturated heterocycles. The zero-order valence-corrected chi connectivity index (χ0v) is 13.6. The topological polar surface area (TPSA) is 51.2 Å². The number of nitrogens with one attached hydrogen (secondary N) is 1. The Kier molecular flexibility index (Phi) is 6.82. The van der Waals surface area contributed by atoms with Crippen LogP contribution in [-0.2, 0) is 9.53 Å². The largest absolute Gasteiger partial charge is 0.465 e. The lowest BCUT2D eigenvalue weighted by Gasteiger charge is -2.30. The minimum Gasteiger partial charge on any atom is -0.465 e. The van der Waals surface area contributed by atoms with Gasteiger partial charge < -0.3 is 4.74 Å². The van der Waals surface area contributed by atoms with Crippen LogP contribution in [0.1, 0.15) is 34.1 Å². The van der Waals surface area contributed by atoms with Gasteiger partial charge in [0.05, 0.1) is 6.61 Å². The van der Waals surface area contributed by atoms with Crippen LogP contribution in [0.2, 0.25) is 0 Å². The first-order valence-electron chi connectivity index (χ1n) is 6.45. The molecule has 0 bridgehead atoms. The summed E-state index contributed by atoms with van der Waals surface area (Å²) in [6.45, 7) is 8.22. The lowest BCUT2D eigenvalue weighted by molar-refractivity contribution is -0.150. The van der Waals surface area contributed by atoms with E-state index in [1.54, 1.807) is 29.3 Å². The molecule has 0 amide bonds. The molecule has 0 radical (unpaired) electrons. The second-order valence-corrected chi connectivity index (χ2v) is 6.98. The average molecular weight is 302 g/mol. The second kappa shape index (κ2) is 7.87. The van der Waals surface area contributed by atoms with E-state index in [1.165, 1.54) is 0 Å². The number of thioether (sulfide) groups is 1. The van der Waals surface area contributed by atoms with Gasteiger partial charge in [0, 0.05) is 23.4 Å². The molecular formula is C13H22N2O2S2. The zero-order chi connectivity index (χ0) is 14.3. The number of aromatic nitrogens is 1. The Morgan fingerprint density at radius 2 is 2.37 bits per heavy atom. The van der Waals surface area contributed by atoms with Crippen molar-refractivity contribution in [2.75, 3.05) is 12.4 Å². The van der Waals surface area contributed by atoms with Gasteiger partial charge in [-0.2, -0.15) is 0 Å². The molecule has 6 heteroatoms. The number of carbonyl (C=O) groups is 1. The quantitative estimate of drug-likeness (QED) is 0.591. The SMILES string of the molecule is CCOC(=O)C(C)(CCSc1nccs1)NC(C)C. The van der Waals surface area contributed by atoms with E-state index in [0.29, 0.717) is 13.0 Å². The van der Waals surface area contributed by atoms with Crippen LogP contribution >= 0.6 is 23.1 Å². The van der Waals surface area contributed by atoms with Gasteiger partial charge in [-0.1, -0.05) is 11.8 Å². The summed E-state index contributed by atoms with van der Waals surface area (Å²) in [6, 6.07) is 0.235. The Labute approximate surface area is 123 Å². The molecule has 0 aromatic carbocycles. The van der Waals surface area contributed by atoms with Crippen molar-refractivity contribution in [3.63, 3.8) is 0 Å². The van der Waals surface area contributed by atoms with Crippen LogP contribution in [0, 0.1) is 0 Å². The van der Waals surface area contributed by atoms with E-state index in [0.717, 1.165) is 10.1 Å². The summed E-state index contributed by atoms with van der Waals surface area (Å²) < 4.78 is 6.21. The van der Waals surface area contributed by atoms with Crippen molar-refractivity contribution < 1.29 is 9.53 Å². The fraction of sp³-hybridized carbons (Fsp3) is 0.692. The molecule has 1 aromatic rings. The van der Waals surface area contributed by atoms with Crippen LogP contribution in [0.3, 0.4) is 0 Å². The summed E-state index contributed by atoms with van der Waals surface area (Å²) in [4.78, 5) is 16.3. The molecule has 0 saturated carbocycles. The van der Waals surface area contributed by atoms with Gasteiger partial charge in [-0.15, -0.1) is 11.3 Å². The first kappa shape index (κ1) is 16.5. The van der Waals surface area contributed by atoms with Gasteiger partial charge in [0.2, 0.25) is 0 Å². The fourth-order valence-corrected chi connectivity index (χ4v) is 3.65. The Bertz CT molecular complexity index is 382. The maximum absolute atomic E-state index is 12.1. The van der Waals surface area contributed by atoms with Crippen molar-refractivity contribution in [1.82, 2.24) is 10.3 Å². The number of thiazole rings is 1. The maximum atomic E-state index is 12.1. The number of ether oxygens (including phenoxy) is 1. The molecule has 1 unspecified atom stereocenters. The van der Waals surface area contributed by atoms with Crippen molar-refractivity contribution in [2.45, 2.75) is 50.0 Å². The summed E-state index contributed by atoms with van der Waals surface area (Å²) in [5.74, 6) is 0.658. The van der Waals surface area contributed by atoms with Crippen molar-refractivity contribution >= 4 is 29.1 Å². The van der Waals surface area contributed by atoms with Crippen LogP contribution < -0.4 is 5.32 Å². The van der Waals surface area contributed by atoms with E-state index in [2.05, 4.69) is 10.3 Å². The van der Waals surface area contributed by atoms with Crippen LogP contribution in [-0.4, -0.2) is 34.9 Å². The van der Waals surface area contributed by atoms with Crippen LogP contribution in [0.5, 0.6) is 0 Å². The van der Waals surface area contributed by atoms with Crippen molar-refractivity contribution in [3.8, 4) is 0 Å². The summed E-state index contributed by atoms with van der Waals surface area (Å²) in [7, 11) is 0. The van der Waals surface area contributed by atoms with Crippen molar-refractivity contribution in [2.24, 2.45) is 0 Å². The van der Waals surface area contributed by atoms with Crippen molar-refractivity contribution in [3.05, 3.63) is 11.6 Å². The van der Waals surface area contributed by atoms with Gasteiger partial charge >= 0.3 is 5.97 Å². The minimum absolute atomic E-state index is 0.177. The lowest BCUT2D eigenvalue weighted by Crippen LogP contribution is -2.53. The predicted molar refractivity (Wildman–Crippen MR) is 80.8 cm³/mol. The Hall–Kier alpha value is -0.590. The summed E-state index contributed by atoms with van der Waals surface area (Å²) in [6.07, 6.45) is 2.51. The third-order valence-corrected chi connectivity index (χ3v) is 4.54. The first-order valence-corrected chi connectivity index (χ1v) is 8.31. The predicted octanol–water partition coefficient (Wildman–Crippen LogP) is 2.95. The minimum atomic E-state index is -0.631. The Morgan fingerprint density at radius 1 is 1.63 bits per heavy atom. The highest BCUT2D eigenvalue weighted by Gasteiger charge is 2.34. The molecule has 19 heavy (non-hydrogen) atoms. The van der Waals surface area contributed by atoms with Crippen molar-refractivity contribution in [1.29, 1.82) is 0 Å². The van der Waals surface area contributed by atoms with Gasteiger partial charge in [0.15, 0.2) is 0 Å². The van der Waals surface area contributed by atoms with Gasteiger partial charge in [0.25, 0.3) is 0 Å². The third-order valence-electron chi connectivity index (χ3n) is 2.57. The number of rotatable bonds is 8. The van der Waals surface area contributed by atoms with Gasteiger partial charge in [-0.3, -0.25) is 10.1 Å². The molecule has 1 aromatic heterocycles. The molecule has 108 valence electrons. The highest BCUT2D eigenvalue weighted by atomic mass is 32.2. The summed E-state index contributed by atoms with van der Waals surface area (Å²) in [5, 5.41) is 5.27. The number of esters is 1. The standard InChI is InChI=1S/C13H22N2O2S2/c1-5-17-11(16)13(4,15-10(2)3)6-8-18-12-14-7-9-19-12/h7,9-10,15H,5-6,8H2,1-4H3.